The molecule has 1 unspecified atom stereocenters. The second-order valence-corrected chi connectivity index (χ2v) is 4.68. The zero-order chi connectivity index (χ0) is 14.6. The summed E-state index contributed by atoms with van der Waals surface area (Å²) in [5, 5.41) is 20.1. The SMILES string of the molecule is COc1cc2nc3n(c2cc1OC)C(O)Nc1cn[nH]c1-3. The molecule has 0 spiro atoms. The highest BCUT2D eigenvalue weighted by molar-refractivity contribution is 5.87. The largest absolute Gasteiger partial charge is 0.493 e. The fraction of sp³-hybridized carbons (Fsp3) is 0.231. The van der Waals surface area contributed by atoms with Crippen LogP contribution in [0.25, 0.3) is 22.6 Å². The van der Waals surface area contributed by atoms with Gasteiger partial charge in [0.2, 0.25) is 6.35 Å². The number of methoxy groups -OCH3 is 2. The monoisotopic (exact) mass is 287 g/mol. The Hall–Kier alpha value is -2.74. The molecule has 1 aromatic carbocycles. The third-order valence-corrected chi connectivity index (χ3v) is 3.59. The number of anilines is 1. The van der Waals surface area contributed by atoms with Gasteiger partial charge in [-0.3, -0.25) is 9.67 Å². The molecule has 3 N–H and O–H groups in total. The highest BCUT2D eigenvalue weighted by Gasteiger charge is 2.28. The predicted molar refractivity (Wildman–Crippen MR) is 75.3 cm³/mol. The van der Waals surface area contributed by atoms with Crippen LogP contribution in [0.2, 0.25) is 0 Å². The maximum Gasteiger partial charge on any atom is 0.211 e. The van der Waals surface area contributed by atoms with E-state index in [2.05, 4.69) is 20.5 Å². The maximum absolute atomic E-state index is 10.3. The summed E-state index contributed by atoms with van der Waals surface area (Å²) in [7, 11) is 3.14. The molecule has 108 valence electrons. The first kappa shape index (κ1) is 12.0. The number of fused-ring (bicyclic) bond motifs is 5. The van der Waals surface area contributed by atoms with Crippen molar-refractivity contribution >= 4 is 16.7 Å². The molecular weight excluding hydrogens is 274 g/mol. The van der Waals surface area contributed by atoms with Gasteiger partial charge in [-0.05, 0) is 0 Å². The summed E-state index contributed by atoms with van der Waals surface area (Å²) in [6, 6.07) is 3.57. The average molecular weight is 287 g/mol. The second kappa shape index (κ2) is 4.13. The third kappa shape index (κ3) is 1.53. The number of benzene rings is 1. The molecule has 0 amide bonds. The van der Waals surface area contributed by atoms with E-state index in [4.69, 9.17) is 9.47 Å². The molecule has 1 aliphatic rings. The molecule has 4 rings (SSSR count). The van der Waals surface area contributed by atoms with E-state index in [1.807, 2.05) is 0 Å². The summed E-state index contributed by atoms with van der Waals surface area (Å²) in [4.78, 5) is 4.56. The molecular formula is C13H13N5O3. The molecule has 0 radical (unpaired) electrons. The molecule has 8 nitrogen and oxygen atoms in total. The Kier molecular flexibility index (Phi) is 2.36. The molecule has 8 heteroatoms. The Morgan fingerprint density at radius 1 is 1.24 bits per heavy atom. The van der Waals surface area contributed by atoms with E-state index in [9.17, 15) is 5.11 Å². The van der Waals surface area contributed by atoms with E-state index in [0.29, 0.717) is 28.5 Å². The average Bonchev–Trinajstić information content (AvgIpc) is 3.08. The van der Waals surface area contributed by atoms with E-state index >= 15 is 0 Å². The van der Waals surface area contributed by atoms with Crippen LogP contribution in [0, 0.1) is 0 Å². The van der Waals surface area contributed by atoms with E-state index in [1.165, 1.54) is 0 Å². The van der Waals surface area contributed by atoms with Gasteiger partial charge in [-0.25, -0.2) is 4.98 Å². The number of aromatic nitrogens is 4. The molecule has 21 heavy (non-hydrogen) atoms. The van der Waals surface area contributed by atoms with Crippen LogP contribution in [0.1, 0.15) is 6.35 Å². The molecule has 0 fully saturated rings. The van der Waals surface area contributed by atoms with Crippen molar-refractivity contribution in [1.29, 1.82) is 0 Å². The van der Waals surface area contributed by atoms with Gasteiger partial charge in [0.1, 0.15) is 5.69 Å². The number of aliphatic hydroxyl groups is 1. The third-order valence-electron chi connectivity index (χ3n) is 3.59. The number of rotatable bonds is 2. The lowest BCUT2D eigenvalue weighted by Gasteiger charge is -2.22. The lowest BCUT2D eigenvalue weighted by atomic mass is 10.2. The maximum atomic E-state index is 10.3. The first-order chi connectivity index (χ1) is 10.2. The molecule has 1 aliphatic heterocycles. The van der Waals surface area contributed by atoms with Gasteiger partial charge in [0, 0.05) is 12.1 Å². The minimum Gasteiger partial charge on any atom is -0.493 e. The van der Waals surface area contributed by atoms with Crippen LogP contribution in [0.4, 0.5) is 5.69 Å². The van der Waals surface area contributed by atoms with Crippen molar-refractivity contribution in [3.8, 4) is 23.0 Å². The normalized spacial score (nSPS) is 16.2. The van der Waals surface area contributed by atoms with Crippen molar-refractivity contribution in [2.24, 2.45) is 0 Å². The van der Waals surface area contributed by atoms with E-state index in [1.54, 1.807) is 37.1 Å². The summed E-state index contributed by atoms with van der Waals surface area (Å²) < 4.78 is 12.3. The Morgan fingerprint density at radius 3 is 2.76 bits per heavy atom. The molecule has 0 saturated heterocycles. The number of hydrogen-bond acceptors (Lipinski definition) is 6. The van der Waals surface area contributed by atoms with E-state index in [-0.39, 0.29) is 0 Å². The summed E-state index contributed by atoms with van der Waals surface area (Å²) in [6.45, 7) is 0. The van der Waals surface area contributed by atoms with Gasteiger partial charge in [0.25, 0.3) is 0 Å². The predicted octanol–water partition coefficient (Wildman–Crippen LogP) is 1.32. The summed E-state index contributed by atoms with van der Waals surface area (Å²) in [6.07, 6.45) is 0.691. The van der Waals surface area contributed by atoms with Crippen molar-refractivity contribution in [2.75, 3.05) is 19.5 Å². The molecule has 0 saturated carbocycles. The minimum absolute atomic E-state index is 0.579. The van der Waals surface area contributed by atoms with Gasteiger partial charge in [-0.15, -0.1) is 0 Å². The highest BCUT2D eigenvalue weighted by atomic mass is 16.5. The van der Waals surface area contributed by atoms with E-state index in [0.717, 1.165) is 11.2 Å². The van der Waals surface area contributed by atoms with Gasteiger partial charge in [0.15, 0.2) is 17.3 Å². The first-order valence-corrected chi connectivity index (χ1v) is 6.35. The zero-order valence-corrected chi connectivity index (χ0v) is 11.4. The molecule has 3 heterocycles. The Morgan fingerprint density at radius 2 is 2.00 bits per heavy atom. The topological polar surface area (TPSA) is 97.2 Å². The molecule has 2 aromatic heterocycles. The lowest BCUT2D eigenvalue weighted by Crippen LogP contribution is -2.22. The van der Waals surface area contributed by atoms with Crippen molar-refractivity contribution in [3.05, 3.63) is 18.3 Å². The summed E-state index contributed by atoms with van der Waals surface area (Å²) in [5.74, 6) is 1.78. The standard InChI is InChI=1S/C13H13N5O3/c1-20-9-3-6-8(4-10(9)21-2)18-12(15-6)11-7(5-14-17-11)16-13(18)19/h3-5,13,16,19H,1-2H3,(H,14,17). The highest BCUT2D eigenvalue weighted by Crippen LogP contribution is 2.39. The van der Waals surface area contributed by atoms with Crippen molar-refractivity contribution in [1.82, 2.24) is 19.7 Å². The molecule has 3 aromatic rings. The van der Waals surface area contributed by atoms with Crippen LogP contribution in [0.15, 0.2) is 18.3 Å². The van der Waals surface area contributed by atoms with Crippen LogP contribution < -0.4 is 14.8 Å². The van der Waals surface area contributed by atoms with Gasteiger partial charge < -0.3 is 19.9 Å². The fourth-order valence-corrected chi connectivity index (χ4v) is 2.62. The van der Waals surface area contributed by atoms with Crippen LogP contribution in [0.3, 0.4) is 0 Å². The number of aliphatic hydroxyl groups excluding tert-OH is 1. The molecule has 0 aliphatic carbocycles. The summed E-state index contributed by atoms with van der Waals surface area (Å²) >= 11 is 0. The smallest absolute Gasteiger partial charge is 0.211 e. The second-order valence-electron chi connectivity index (χ2n) is 4.68. The Labute approximate surface area is 119 Å². The van der Waals surface area contributed by atoms with Gasteiger partial charge >= 0.3 is 0 Å². The number of imidazole rings is 1. The van der Waals surface area contributed by atoms with Crippen LogP contribution in [-0.4, -0.2) is 39.1 Å². The molecule has 0 bridgehead atoms. The quantitative estimate of drug-likeness (QED) is 0.657. The first-order valence-electron chi connectivity index (χ1n) is 6.35. The number of nitrogens with one attached hydrogen (secondary N) is 2. The van der Waals surface area contributed by atoms with Crippen molar-refractivity contribution in [3.63, 3.8) is 0 Å². The van der Waals surface area contributed by atoms with E-state index < -0.39 is 6.35 Å². The van der Waals surface area contributed by atoms with Crippen LogP contribution >= 0.6 is 0 Å². The Bertz CT molecular complexity index is 838. The van der Waals surface area contributed by atoms with Gasteiger partial charge in [-0.1, -0.05) is 0 Å². The van der Waals surface area contributed by atoms with Crippen molar-refractivity contribution < 1.29 is 14.6 Å². The minimum atomic E-state index is -0.923. The van der Waals surface area contributed by atoms with Gasteiger partial charge in [0.05, 0.1) is 37.1 Å². The number of nitrogens with zero attached hydrogens (tertiary/aromatic N) is 3. The summed E-state index contributed by atoms with van der Waals surface area (Å²) in [5.41, 5.74) is 2.88. The zero-order valence-electron chi connectivity index (χ0n) is 11.4. The molecule has 1 atom stereocenters. The van der Waals surface area contributed by atoms with Crippen molar-refractivity contribution in [2.45, 2.75) is 6.35 Å². The fourth-order valence-electron chi connectivity index (χ4n) is 2.62. The number of ether oxygens (including phenoxy) is 2. The Balaban J connectivity index is 2.05. The van der Waals surface area contributed by atoms with Crippen LogP contribution in [-0.2, 0) is 0 Å². The lowest BCUT2D eigenvalue weighted by molar-refractivity contribution is 0.138. The number of H-pyrrole nitrogens is 1. The number of aromatic amines is 1. The number of hydrogen-bond donors (Lipinski definition) is 3. The van der Waals surface area contributed by atoms with Crippen LogP contribution in [0.5, 0.6) is 11.5 Å². The van der Waals surface area contributed by atoms with Gasteiger partial charge in [-0.2, -0.15) is 5.10 Å².